The Labute approximate surface area is 146 Å². The van der Waals surface area contributed by atoms with Gasteiger partial charge in [0, 0.05) is 38.3 Å². The summed E-state index contributed by atoms with van der Waals surface area (Å²) >= 11 is 5.96. The standard InChI is InChI=1S/C17H19ClN4O2/c1-12(13-2-3-14-15(8-13)24-11-23-14)21-4-6-22(7-5-21)17-9-16(18)19-10-20-17/h2-3,8-10,12H,4-7,11H2,1H3. The minimum atomic E-state index is 0.313. The number of aromatic nitrogens is 2. The van der Waals surface area contributed by atoms with E-state index >= 15 is 0 Å². The molecule has 126 valence electrons. The summed E-state index contributed by atoms with van der Waals surface area (Å²) in [6.07, 6.45) is 1.51. The van der Waals surface area contributed by atoms with Crippen molar-refractivity contribution in [2.45, 2.75) is 13.0 Å². The van der Waals surface area contributed by atoms with Crippen LogP contribution in [0, 0.1) is 0 Å². The molecule has 0 saturated carbocycles. The highest BCUT2D eigenvalue weighted by Crippen LogP contribution is 2.35. The van der Waals surface area contributed by atoms with E-state index in [0.29, 0.717) is 18.0 Å². The number of ether oxygens (including phenoxy) is 2. The van der Waals surface area contributed by atoms with Crippen LogP contribution >= 0.6 is 11.6 Å². The predicted octanol–water partition coefficient (Wildman–Crippen LogP) is 2.74. The minimum Gasteiger partial charge on any atom is -0.454 e. The maximum atomic E-state index is 5.96. The fraction of sp³-hybridized carbons (Fsp3) is 0.412. The Morgan fingerprint density at radius 3 is 2.62 bits per heavy atom. The zero-order chi connectivity index (χ0) is 16.5. The average Bonchev–Trinajstić information content (AvgIpc) is 3.09. The molecule has 1 aromatic carbocycles. The Morgan fingerprint density at radius 1 is 1.04 bits per heavy atom. The molecule has 1 saturated heterocycles. The summed E-state index contributed by atoms with van der Waals surface area (Å²) in [4.78, 5) is 13.0. The molecule has 3 heterocycles. The highest BCUT2D eigenvalue weighted by Gasteiger charge is 2.24. The van der Waals surface area contributed by atoms with E-state index in [1.165, 1.54) is 11.9 Å². The van der Waals surface area contributed by atoms with Gasteiger partial charge in [0.1, 0.15) is 17.3 Å². The molecule has 6 nitrogen and oxygen atoms in total. The molecule has 1 atom stereocenters. The van der Waals surface area contributed by atoms with Crippen LogP contribution in [0.15, 0.2) is 30.6 Å². The molecular formula is C17H19ClN4O2. The van der Waals surface area contributed by atoms with Crippen molar-refractivity contribution in [3.05, 3.63) is 41.3 Å². The third-order valence-electron chi connectivity index (χ3n) is 4.68. The molecule has 2 aromatic rings. The molecule has 24 heavy (non-hydrogen) atoms. The fourth-order valence-electron chi connectivity index (χ4n) is 3.22. The first-order valence-corrected chi connectivity index (χ1v) is 8.44. The quantitative estimate of drug-likeness (QED) is 0.796. The Morgan fingerprint density at radius 2 is 1.83 bits per heavy atom. The summed E-state index contributed by atoms with van der Waals surface area (Å²) in [5.74, 6) is 2.57. The van der Waals surface area contributed by atoms with Crippen molar-refractivity contribution in [1.82, 2.24) is 14.9 Å². The van der Waals surface area contributed by atoms with Gasteiger partial charge in [-0.15, -0.1) is 0 Å². The van der Waals surface area contributed by atoms with Gasteiger partial charge in [-0.25, -0.2) is 9.97 Å². The third kappa shape index (κ3) is 2.99. The van der Waals surface area contributed by atoms with Crippen molar-refractivity contribution < 1.29 is 9.47 Å². The number of piperazine rings is 1. The highest BCUT2D eigenvalue weighted by molar-refractivity contribution is 6.29. The van der Waals surface area contributed by atoms with Gasteiger partial charge >= 0.3 is 0 Å². The molecule has 0 bridgehead atoms. The van der Waals surface area contributed by atoms with Crippen LogP contribution in [0.3, 0.4) is 0 Å². The fourth-order valence-corrected chi connectivity index (χ4v) is 3.36. The molecule has 1 unspecified atom stereocenters. The molecule has 0 radical (unpaired) electrons. The third-order valence-corrected chi connectivity index (χ3v) is 4.89. The Balaban J connectivity index is 1.42. The van der Waals surface area contributed by atoms with Crippen LogP contribution in [0.5, 0.6) is 11.5 Å². The van der Waals surface area contributed by atoms with Gasteiger partial charge in [0.25, 0.3) is 0 Å². The maximum Gasteiger partial charge on any atom is 0.231 e. The number of hydrogen-bond donors (Lipinski definition) is 0. The molecule has 2 aliphatic heterocycles. The normalized spacial score (nSPS) is 18.7. The summed E-state index contributed by atoms with van der Waals surface area (Å²) in [6, 6.07) is 8.35. The molecule has 0 aliphatic carbocycles. The lowest BCUT2D eigenvalue weighted by molar-refractivity contribution is 0.173. The summed E-state index contributed by atoms with van der Waals surface area (Å²) in [7, 11) is 0. The van der Waals surface area contributed by atoms with E-state index in [1.807, 2.05) is 12.1 Å². The first-order chi connectivity index (χ1) is 11.7. The molecular weight excluding hydrogens is 328 g/mol. The SMILES string of the molecule is CC(c1ccc2c(c1)OCO2)N1CCN(c2cc(Cl)ncn2)CC1. The lowest BCUT2D eigenvalue weighted by atomic mass is 10.1. The van der Waals surface area contributed by atoms with Crippen molar-refractivity contribution in [3.63, 3.8) is 0 Å². The van der Waals surface area contributed by atoms with Crippen molar-refractivity contribution in [2.75, 3.05) is 37.9 Å². The smallest absolute Gasteiger partial charge is 0.231 e. The number of nitrogens with zero attached hydrogens (tertiary/aromatic N) is 4. The van der Waals surface area contributed by atoms with Crippen molar-refractivity contribution in [1.29, 1.82) is 0 Å². The van der Waals surface area contributed by atoms with Gasteiger partial charge in [-0.1, -0.05) is 17.7 Å². The van der Waals surface area contributed by atoms with Crippen LogP contribution in [-0.2, 0) is 0 Å². The molecule has 0 amide bonds. The molecule has 0 spiro atoms. The van der Waals surface area contributed by atoms with Crippen LogP contribution in [-0.4, -0.2) is 47.8 Å². The number of fused-ring (bicyclic) bond motifs is 1. The summed E-state index contributed by atoms with van der Waals surface area (Å²) < 4.78 is 10.9. The maximum absolute atomic E-state index is 5.96. The van der Waals surface area contributed by atoms with Crippen LogP contribution in [0.25, 0.3) is 0 Å². The van der Waals surface area contributed by atoms with E-state index in [-0.39, 0.29) is 0 Å². The van der Waals surface area contributed by atoms with Gasteiger partial charge in [0.2, 0.25) is 6.79 Å². The number of hydrogen-bond acceptors (Lipinski definition) is 6. The van der Waals surface area contributed by atoms with Gasteiger partial charge in [-0.05, 0) is 24.6 Å². The minimum absolute atomic E-state index is 0.313. The predicted molar refractivity (Wildman–Crippen MR) is 91.8 cm³/mol. The average molecular weight is 347 g/mol. The molecule has 7 heteroatoms. The summed E-state index contributed by atoms with van der Waals surface area (Å²) in [5, 5.41) is 0.483. The molecule has 0 N–H and O–H groups in total. The van der Waals surface area contributed by atoms with E-state index in [4.69, 9.17) is 21.1 Å². The lowest BCUT2D eigenvalue weighted by Gasteiger charge is -2.38. The largest absolute Gasteiger partial charge is 0.454 e. The molecule has 1 fully saturated rings. The van der Waals surface area contributed by atoms with Crippen LogP contribution < -0.4 is 14.4 Å². The summed E-state index contributed by atoms with van der Waals surface area (Å²) in [6.45, 7) is 6.32. The second-order valence-corrected chi connectivity index (χ2v) is 6.40. The first kappa shape index (κ1) is 15.5. The van der Waals surface area contributed by atoms with Gasteiger partial charge in [0.15, 0.2) is 11.5 Å². The van der Waals surface area contributed by atoms with Gasteiger partial charge in [-0.3, -0.25) is 4.90 Å². The van der Waals surface area contributed by atoms with Crippen molar-refractivity contribution >= 4 is 17.4 Å². The monoisotopic (exact) mass is 346 g/mol. The zero-order valence-electron chi connectivity index (χ0n) is 13.5. The van der Waals surface area contributed by atoms with Crippen LogP contribution in [0.1, 0.15) is 18.5 Å². The van der Waals surface area contributed by atoms with E-state index in [9.17, 15) is 0 Å². The number of benzene rings is 1. The van der Waals surface area contributed by atoms with E-state index in [2.05, 4.69) is 38.8 Å². The topological polar surface area (TPSA) is 50.7 Å². The van der Waals surface area contributed by atoms with Crippen LogP contribution in [0.4, 0.5) is 5.82 Å². The number of halogens is 1. The summed E-state index contributed by atoms with van der Waals surface area (Å²) in [5.41, 5.74) is 1.25. The lowest BCUT2D eigenvalue weighted by Crippen LogP contribution is -2.47. The zero-order valence-corrected chi connectivity index (χ0v) is 14.2. The van der Waals surface area contributed by atoms with Gasteiger partial charge in [0.05, 0.1) is 0 Å². The molecule has 2 aliphatic rings. The Kier molecular flexibility index (Phi) is 4.16. The van der Waals surface area contributed by atoms with E-state index in [0.717, 1.165) is 43.5 Å². The number of anilines is 1. The molecule has 4 rings (SSSR count). The Bertz CT molecular complexity index is 734. The van der Waals surface area contributed by atoms with Crippen LogP contribution in [0.2, 0.25) is 5.15 Å². The van der Waals surface area contributed by atoms with Gasteiger partial charge in [-0.2, -0.15) is 0 Å². The molecule has 1 aromatic heterocycles. The Hall–Kier alpha value is -2.05. The highest BCUT2D eigenvalue weighted by atomic mass is 35.5. The van der Waals surface area contributed by atoms with E-state index in [1.54, 1.807) is 0 Å². The second-order valence-electron chi connectivity index (χ2n) is 6.01. The first-order valence-electron chi connectivity index (χ1n) is 8.07. The van der Waals surface area contributed by atoms with Crippen molar-refractivity contribution in [2.24, 2.45) is 0 Å². The van der Waals surface area contributed by atoms with Gasteiger partial charge < -0.3 is 14.4 Å². The second kappa shape index (κ2) is 6.45. The number of rotatable bonds is 3. The van der Waals surface area contributed by atoms with E-state index < -0.39 is 0 Å². The van der Waals surface area contributed by atoms with Crippen molar-refractivity contribution in [3.8, 4) is 11.5 Å².